The number of halogens is 1. The molecule has 4 unspecified atom stereocenters. The number of hydrogen-bond acceptors (Lipinski definition) is 2. The van der Waals surface area contributed by atoms with Crippen LogP contribution in [0.25, 0.3) is 0 Å². The average Bonchev–Trinajstić information content (AvgIpc) is 2.46. The molecule has 0 amide bonds. The molecule has 2 aliphatic carbocycles. The highest BCUT2D eigenvalue weighted by Crippen LogP contribution is 2.64. The summed E-state index contributed by atoms with van der Waals surface area (Å²) in [6.45, 7) is 1.23. The first-order valence-corrected chi connectivity index (χ1v) is 6.59. The average molecular weight is 247 g/mol. The van der Waals surface area contributed by atoms with E-state index in [-0.39, 0.29) is 0 Å². The normalized spacial score (nSPS) is 42.6. The molecule has 1 aromatic rings. The first-order valence-electron chi connectivity index (χ1n) is 6.22. The zero-order valence-corrected chi connectivity index (χ0v) is 10.6. The zero-order chi connectivity index (χ0) is 11.6. The molecule has 1 saturated carbocycles. The fraction of sp³-hybridized carbons (Fsp3) is 0.500. The van der Waals surface area contributed by atoms with Gasteiger partial charge in [0.05, 0.1) is 0 Å². The van der Waals surface area contributed by atoms with E-state index < -0.39 is 0 Å². The summed E-state index contributed by atoms with van der Waals surface area (Å²) in [4.78, 5) is 6.72. The number of pyridine rings is 1. The molecule has 88 valence electrons. The Bertz CT molecular complexity index is 495. The first kappa shape index (κ1) is 10.1. The number of likely N-dealkylation sites (tertiary alicyclic amines) is 1. The minimum atomic E-state index is 0.499. The summed E-state index contributed by atoms with van der Waals surface area (Å²) in [5, 5.41) is 0.588. The largest absolute Gasteiger partial charge is 0.301 e. The van der Waals surface area contributed by atoms with Gasteiger partial charge in [-0.25, -0.2) is 4.98 Å². The highest BCUT2D eigenvalue weighted by atomic mass is 35.5. The van der Waals surface area contributed by atoms with Crippen LogP contribution in [0.2, 0.25) is 5.15 Å². The van der Waals surface area contributed by atoms with Gasteiger partial charge in [-0.05, 0) is 31.0 Å². The number of aromatic nitrogens is 1. The molecule has 3 aliphatic rings. The second-order valence-electron chi connectivity index (χ2n) is 5.69. The fourth-order valence-corrected chi connectivity index (χ4v) is 4.31. The monoisotopic (exact) mass is 246 g/mol. The van der Waals surface area contributed by atoms with Gasteiger partial charge in [0.1, 0.15) is 5.15 Å². The van der Waals surface area contributed by atoms with Crippen molar-refractivity contribution in [2.24, 2.45) is 11.3 Å². The Morgan fingerprint density at radius 2 is 2.35 bits per heavy atom. The molecular formula is C14H15ClN2. The van der Waals surface area contributed by atoms with E-state index in [1.807, 2.05) is 12.3 Å². The maximum absolute atomic E-state index is 5.86. The molecule has 1 spiro atoms. The van der Waals surface area contributed by atoms with Crippen LogP contribution in [0.3, 0.4) is 0 Å². The lowest BCUT2D eigenvalue weighted by molar-refractivity contribution is -0.0306. The molecule has 2 nitrogen and oxygen atoms in total. The van der Waals surface area contributed by atoms with E-state index in [4.69, 9.17) is 11.6 Å². The van der Waals surface area contributed by atoms with Gasteiger partial charge in [-0.2, -0.15) is 0 Å². The molecule has 1 aromatic heterocycles. The first-order chi connectivity index (χ1) is 8.21. The molecule has 4 rings (SSSR count). The maximum Gasteiger partial charge on any atom is 0.129 e. The van der Waals surface area contributed by atoms with Crippen molar-refractivity contribution >= 4 is 11.6 Å². The van der Waals surface area contributed by atoms with E-state index in [1.54, 1.807) is 0 Å². The minimum absolute atomic E-state index is 0.499. The summed E-state index contributed by atoms with van der Waals surface area (Å²) in [6, 6.07) is 4.74. The third-order valence-corrected chi connectivity index (χ3v) is 5.17. The van der Waals surface area contributed by atoms with Gasteiger partial charge in [-0.1, -0.05) is 29.8 Å². The van der Waals surface area contributed by atoms with E-state index in [9.17, 15) is 0 Å². The van der Waals surface area contributed by atoms with Gasteiger partial charge >= 0.3 is 0 Å². The van der Waals surface area contributed by atoms with Crippen molar-refractivity contribution in [3.05, 3.63) is 41.2 Å². The van der Waals surface area contributed by atoms with Crippen molar-refractivity contribution in [2.45, 2.75) is 18.4 Å². The van der Waals surface area contributed by atoms with Crippen molar-refractivity contribution in [2.75, 3.05) is 13.6 Å². The van der Waals surface area contributed by atoms with Crippen LogP contribution in [-0.4, -0.2) is 29.5 Å². The number of nitrogens with zero attached hydrogens (tertiary/aromatic N) is 2. The summed E-state index contributed by atoms with van der Waals surface area (Å²) in [5.74, 6) is 1.42. The van der Waals surface area contributed by atoms with Gasteiger partial charge in [0.2, 0.25) is 0 Å². The minimum Gasteiger partial charge on any atom is -0.301 e. The fourth-order valence-electron chi connectivity index (χ4n) is 4.20. The topological polar surface area (TPSA) is 16.1 Å². The highest BCUT2D eigenvalue weighted by molar-refractivity contribution is 6.29. The quantitative estimate of drug-likeness (QED) is 0.560. The van der Waals surface area contributed by atoms with Crippen LogP contribution in [0.15, 0.2) is 30.5 Å². The summed E-state index contributed by atoms with van der Waals surface area (Å²) >= 11 is 5.86. The van der Waals surface area contributed by atoms with Gasteiger partial charge in [0.15, 0.2) is 0 Å². The Hall–Kier alpha value is -0.860. The lowest BCUT2D eigenvalue weighted by Crippen LogP contribution is -2.64. The van der Waals surface area contributed by atoms with Crippen LogP contribution in [0.5, 0.6) is 0 Å². The molecule has 1 aliphatic heterocycles. The molecule has 0 radical (unpaired) electrons. The van der Waals surface area contributed by atoms with Crippen molar-refractivity contribution in [3.63, 3.8) is 0 Å². The van der Waals surface area contributed by atoms with E-state index >= 15 is 0 Å². The smallest absolute Gasteiger partial charge is 0.129 e. The molecule has 0 bridgehead atoms. The Morgan fingerprint density at radius 3 is 2.94 bits per heavy atom. The number of rotatable bonds is 1. The molecule has 17 heavy (non-hydrogen) atoms. The number of hydrogen-bond donors (Lipinski definition) is 0. The van der Waals surface area contributed by atoms with E-state index in [1.165, 1.54) is 18.5 Å². The Kier molecular flexibility index (Phi) is 1.85. The lowest BCUT2D eigenvalue weighted by Gasteiger charge is -2.58. The zero-order valence-electron chi connectivity index (χ0n) is 9.81. The molecule has 0 N–H and O–H groups in total. The van der Waals surface area contributed by atoms with E-state index in [2.05, 4.69) is 35.1 Å². The van der Waals surface area contributed by atoms with E-state index in [0.717, 1.165) is 5.92 Å². The van der Waals surface area contributed by atoms with Crippen LogP contribution < -0.4 is 0 Å². The maximum atomic E-state index is 5.86. The highest BCUT2D eigenvalue weighted by Gasteiger charge is 2.64. The Labute approximate surface area is 106 Å². The van der Waals surface area contributed by atoms with Crippen molar-refractivity contribution in [1.82, 2.24) is 9.88 Å². The van der Waals surface area contributed by atoms with Crippen LogP contribution in [0.1, 0.15) is 17.9 Å². The SMILES string of the molecule is CN1CC23C=CC2CC(c2ccc(Cl)nc2)C13. The second kappa shape index (κ2) is 3.12. The summed E-state index contributed by atoms with van der Waals surface area (Å²) in [5.41, 5.74) is 1.85. The van der Waals surface area contributed by atoms with E-state index in [0.29, 0.717) is 22.5 Å². The molecule has 1 saturated heterocycles. The van der Waals surface area contributed by atoms with Gasteiger partial charge in [0, 0.05) is 30.1 Å². The lowest BCUT2D eigenvalue weighted by atomic mass is 9.61. The summed E-state index contributed by atoms with van der Waals surface area (Å²) < 4.78 is 0. The van der Waals surface area contributed by atoms with Crippen LogP contribution >= 0.6 is 11.6 Å². The Morgan fingerprint density at radius 1 is 1.47 bits per heavy atom. The second-order valence-corrected chi connectivity index (χ2v) is 6.08. The number of allylic oxidation sites excluding steroid dienone is 1. The molecule has 0 aromatic carbocycles. The van der Waals surface area contributed by atoms with Gasteiger partial charge in [-0.3, -0.25) is 0 Å². The third kappa shape index (κ3) is 1.13. The Balaban J connectivity index is 1.70. The van der Waals surface area contributed by atoms with Gasteiger partial charge < -0.3 is 4.90 Å². The predicted octanol–water partition coefficient (Wildman–Crippen LogP) is 2.71. The molecule has 3 heteroatoms. The molecule has 2 heterocycles. The standard InChI is InChI=1S/C14H15ClN2/c1-17-8-14-5-4-10(14)6-11(13(14)17)9-2-3-12(15)16-7-9/h2-5,7,10-11,13H,6,8H2,1H3. The van der Waals surface area contributed by atoms with Crippen molar-refractivity contribution < 1.29 is 0 Å². The van der Waals surface area contributed by atoms with Gasteiger partial charge in [0.25, 0.3) is 0 Å². The predicted molar refractivity (Wildman–Crippen MR) is 68.1 cm³/mol. The summed E-state index contributed by atoms with van der Waals surface area (Å²) in [6.07, 6.45) is 8.06. The van der Waals surface area contributed by atoms with Crippen LogP contribution in [0, 0.1) is 11.3 Å². The molecule has 2 fully saturated rings. The number of likely N-dealkylation sites (N-methyl/N-ethyl adjacent to an activating group) is 1. The van der Waals surface area contributed by atoms with Gasteiger partial charge in [-0.15, -0.1) is 0 Å². The molecular weight excluding hydrogens is 232 g/mol. The third-order valence-electron chi connectivity index (χ3n) is 4.95. The van der Waals surface area contributed by atoms with Crippen LogP contribution in [-0.2, 0) is 0 Å². The van der Waals surface area contributed by atoms with Crippen molar-refractivity contribution in [3.8, 4) is 0 Å². The van der Waals surface area contributed by atoms with Crippen molar-refractivity contribution in [1.29, 1.82) is 0 Å². The summed E-state index contributed by atoms with van der Waals surface area (Å²) in [7, 11) is 2.24. The van der Waals surface area contributed by atoms with Crippen LogP contribution in [0.4, 0.5) is 0 Å². The molecule has 4 atom stereocenters.